The fraction of sp³-hybridized carbons (Fsp3) is 0.529. The summed E-state index contributed by atoms with van der Waals surface area (Å²) in [5.41, 5.74) is -0.228. The number of hydrogen-bond donors (Lipinski definition) is 2. The summed E-state index contributed by atoms with van der Waals surface area (Å²) in [6.45, 7) is -1.40. The minimum absolute atomic E-state index is 0.0312. The van der Waals surface area contributed by atoms with E-state index in [1.54, 1.807) is 6.07 Å². The molecular formula is C17H20F3NO4. The lowest BCUT2D eigenvalue weighted by Gasteiger charge is -2.28. The molecule has 1 fully saturated rings. The molecule has 1 aliphatic rings. The summed E-state index contributed by atoms with van der Waals surface area (Å²) in [6, 6.07) is 5.88. The lowest BCUT2D eigenvalue weighted by Crippen LogP contribution is -2.48. The number of halogens is 3. The van der Waals surface area contributed by atoms with Crippen LogP contribution in [0.2, 0.25) is 0 Å². The highest BCUT2D eigenvalue weighted by atomic mass is 19.4. The summed E-state index contributed by atoms with van der Waals surface area (Å²) in [5, 5.41) is 11.9. The van der Waals surface area contributed by atoms with E-state index in [0.717, 1.165) is 12.8 Å². The molecule has 0 radical (unpaired) electrons. The van der Waals surface area contributed by atoms with Crippen molar-refractivity contribution in [3.05, 3.63) is 29.8 Å². The first kappa shape index (κ1) is 19.1. The number of carbonyl (C=O) groups excluding carboxylic acids is 1. The predicted molar refractivity (Wildman–Crippen MR) is 83.3 cm³/mol. The van der Waals surface area contributed by atoms with E-state index in [-0.39, 0.29) is 24.5 Å². The lowest BCUT2D eigenvalue weighted by molar-refractivity contribution is -0.153. The molecule has 1 aliphatic carbocycles. The number of carboxylic acids is 1. The number of amides is 1. The van der Waals surface area contributed by atoms with Gasteiger partial charge in [0.05, 0.1) is 18.4 Å². The molecule has 0 atom stereocenters. The Kier molecular flexibility index (Phi) is 5.92. The van der Waals surface area contributed by atoms with E-state index in [1.807, 2.05) is 0 Å². The zero-order valence-electron chi connectivity index (χ0n) is 13.6. The van der Waals surface area contributed by atoms with Crippen molar-refractivity contribution < 1.29 is 32.6 Å². The van der Waals surface area contributed by atoms with Crippen molar-refractivity contribution in [1.29, 1.82) is 0 Å². The van der Waals surface area contributed by atoms with Gasteiger partial charge in [-0.2, -0.15) is 13.2 Å². The summed E-state index contributed by atoms with van der Waals surface area (Å²) in [7, 11) is 0. The van der Waals surface area contributed by atoms with Crippen LogP contribution in [0.4, 0.5) is 13.2 Å². The predicted octanol–water partition coefficient (Wildman–Crippen LogP) is 3.07. The summed E-state index contributed by atoms with van der Waals surface area (Å²) in [5.74, 6) is -1.29. The Morgan fingerprint density at radius 1 is 1.24 bits per heavy atom. The van der Waals surface area contributed by atoms with Crippen LogP contribution in [0.5, 0.6) is 5.75 Å². The van der Waals surface area contributed by atoms with Crippen LogP contribution >= 0.6 is 0 Å². The average molecular weight is 359 g/mol. The van der Waals surface area contributed by atoms with Crippen molar-refractivity contribution in [2.75, 3.05) is 6.61 Å². The number of carbonyl (C=O) groups is 2. The second-order valence-corrected chi connectivity index (χ2v) is 6.33. The van der Waals surface area contributed by atoms with E-state index in [1.165, 1.54) is 18.2 Å². The zero-order valence-corrected chi connectivity index (χ0v) is 13.6. The maximum Gasteiger partial charge on any atom is 0.422 e. The van der Waals surface area contributed by atoms with Crippen LogP contribution in [0, 0.1) is 0 Å². The summed E-state index contributed by atoms with van der Waals surface area (Å²) in [4.78, 5) is 23.3. The number of alkyl halides is 3. The van der Waals surface area contributed by atoms with Crippen LogP contribution in [0.1, 0.15) is 37.7 Å². The highest BCUT2D eigenvalue weighted by Crippen LogP contribution is 2.32. The van der Waals surface area contributed by atoms with Gasteiger partial charge in [0.25, 0.3) is 0 Å². The minimum Gasteiger partial charge on any atom is -0.484 e. The molecule has 1 aromatic carbocycles. The molecule has 0 spiro atoms. The van der Waals surface area contributed by atoms with Crippen molar-refractivity contribution in [1.82, 2.24) is 5.32 Å². The fourth-order valence-electron chi connectivity index (χ4n) is 3.12. The second-order valence-electron chi connectivity index (χ2n) is 6.33. The Morgan fingerprint density at radius 2 is 1.92 bits per heavy atom. The first-order chi connectivity index (χ1) is 11.7. The molecule has 0 aliphatic heterocycles. The van der Waals surface area contributed by atoms with E-state index in [2.05, 4.69) is 10.1 Å². The standard InChI is InChI=1S/C17H20F3NO4/c18-17(19,20)11-25-13-5-3-4-12(8-13)9-14(22)21-16(10-15(23)24)6-1-2-7-16/h3-5,8H,1-2,6-7,9-11H2,(H,21,22)(H,23,24). The highest BCUT2D eigenvalue weighted by Gasteiger charge is 2.37. The largest absolute Gasteiger partial charge is 0.484 e. The average Bonchev–Trinajstić information content (AvgIpc) is 2.91. The van der Waals surface area contributed by atoms with E-state index in [4.69, 9.17) is 5.11 Å². The first-order valence-corrected chi connectivity index (χ1v) is 7.99. The molecule has 5 nitrogen and oxygen atoms in total. The van der Waals surface area contributed by atoms with Crippen molar-refractivity contribution >= 4 is 11.9 Å². The van der Waals surface area contributed by atoms with E-state index in [9.17, 15) is 22.8 Å². The van der Waals surface area contributed by atoms with Crippen molar-refractivity contribution in [2.45, 2.75) is 50.2 Å². The van der Waals surface area contributed by atoms with Crippen molar-refractivity contribution in [2.24, 2.45) is 0 Å². The lowest BCUT2D eigenvalue weighted by atomic mass is 9.92. The number of carboxylic acid groups (broad SMARTS) is 1. The molecular weight excluding hydrogens is 339 g/mol. The Morgan fingerprint density at radius 3 is 2.52 bits per heavy atom. The van der Waals surface area contributed by atoms with Gasteiger partial charge in [0, 0.05) is 0 Å². The first-order valence-electron chi connectivity index (χ1n) is 7.99. The van der Waals surface area contributed by atoms with Gasteiger partial charge < -0.3 is 15.2 Å². The topological polar surface area (TPSA) is 75.6 Å². The van der Waals surface area contributed by atoms with Crippen molar-refractivity contribution in [3.63, 3.8) is 0 Å². The molecule has 8 heteroatoms. The molecule has 0 bridgehead atoms. The normalized spacial score (nSPS) is 16.4. The second kappa shape index (κ2) is 7.76. The van der Waals surface area contributed by atoms with E-state index < -0.39 is 24.3 Å². The summed E-state index contributed by atoms with van der Waals surface area (Å²) in [6.07, 6.45) is -1.68. The quantitative estimate of drug-likeness (QED) is 0.785. The Balaban J connectivity index is 1.96. The molecule has 1 saturated carbocycles. The number of hydrogen-bond acceptors (Lipinski definition) is 3. The van der Waals surface area contributed by atoms with Gasteiger partial charge in [0.2, 0.25) is 5.91 Å². The third-order valence-electron chi connectivity index (χ3n) is 4.12. The third-order valence-corrected chi connectivity index (χ3v) is 4.12. The molecule has 0 unspecified atom stereocenters. The van der Waals surface area contributed by atoms with Gasteiger partial charge in [0.15, 0.2) is 6.61 Å². The number of aliphatic carboxylic acids is 1. The zero-order chi connectivity index (χ0) is 18.5. The van der Waals surface area contributed by atoms with Gasteiger partial charge in [-0.05, 0) is 30.5 Å². The molecule has 138 valence electrons. The van der Waals surface area contributed by atoms with E-state index >= 15 is 0 Å². The molecule has 0 saturated heterocycles. The van der Waals surface area contributed by atoms with Crippen LogP contribution in [-0.4, -0.2) is 35.3 Å². The van der Waals surface area contributed by atoms with Crippen molar-refractivity contribution in [3.8, 4) is 5.75 Å². The number of nitrogens with one attached hydrogen (secondary N) is 1. The van der Waals surface area contributed by atoms with Gasteiger partial charge in [-0.1, -0.05) is 25.0 Å². The molecule has 0 heterocycles. The Bertz CT molecular complexity index is 625. The summed E-state index contributed by atoms with van der Waals surface area (Å²) < 4.78 is 41.2. The molecule has 0 aromatic heterocycles. The number of ether oxygens (including phenoxy) is 1. The maximum atomic E-state index is 12.3. The Labute approximate surface area is 143 Å². The van der Waals surface area contributed by atoms with Crippen LogP contribution in [0.3, 0.4) is 0 Å². The fourth-order valence-corrected chi connectivity index (χ4v) is 3.12. The Hall–Kier alpha value is -2.25. The van der Waals surface area contributed by atoms with Gasteiger partial charge >= 0.3 is 12.1 Å². The van der Waals surface area contributed by atoms with Gasteiger partial charge in [-0.15, -0.1) is 0 Å². The summed E-state index contributed by atoms with van der Waals surface area (Å²) >= 11 is 0. The van der Waals surface area contributed by atoms with Gasteiger partial charge in [0.1, 0.15) is 5.75 Å². The minimum atomic E-state index is -4.43. The van der Waals surface area contributed by atoms with E-state index in [0.29, 0.717) is 18.4 Å². The monoisotopic (exact) mass is 359 g/mol. The van der Waals surface area contributed by atoms with Gasteiger partial charge in [-0.25, -0.2) is 0 Å². The smallest absolute Gasteiger partial charge is 0.422 e. The van der Waals surface area contributed by atoms with Crippen LogP contribution in [0.15, 0.2) is 24.3 Å². The highest BCUT2D eigenvalue weighted by molar-refractivity contribution is 5.80. The molecule has 1 amide bonds. The molecule has 2 rings (SSSR count). The molecule has 2 N–H and O–H groups in total. The number of benzene rings is 1. The van der Waals surface area contributed by atoms with Crippen LogP contribution in [0.25, 0.3) is 0 Å². The molecule has 1 aromatic rings. The van der Waals surface area contributed by atoms with Crippen LogP contribution in [-0.2, 0) is 16.0 Å². The maximum absolute atomic E-state index is 12.3. The third kappa shape index (κ3) is 6.28. The molecule has 25 heavy (non-hydrogen) atoms. The van der Waals surface area contributed by atoms with Crippen LogP contribution < -0.4 is 10.1 Å². The number of rotatable bonds is 7. The SMILES string of the molecule is O=C(O)CC1(NC(=O)Cc2cccc(OCC(F)(F)F)c2)CCCC1. The van der Waals surface area contributed by atoms with Gasteiger partial charge in [-0.3, -0.25) is 9.59 Å².